The van der Waals surface area contributed by atoms with E-state index < -0.39 is 53.5 Å². The van der Waals surface area contributed by atoms with Crippen LogP contribution in [0, 0.1) is 11.6 Å². The normalized spacial score (nSPS) is 19.2. The highest BCUT2D eigenvalue weighted by Crippen LogP contribution is 2.38. The van der Waals surface area contributed by atoms with Gasteiger partial charge in [-0.15, -0.1) is 0 Å². The lowest BCUT2D eigenvalue weighted by Crippen LogP contribution is -2.44. The molecule has 0 aromatic heterocycles. The van der Waals surface area contributed by atoms with Crippen LogP contribution in [-0.2, 0) is 19.1 Å². The summed E-state index contributed by atoms with van der Waals surface area (Å²) in [5.74, 6) is -3.59. The second kappa shape index (κ2) is 9.19. The molecule has 0 spiro atoms. The minimum atomic E-state index is -1.04. The van der Waals surface area contributed by atoms with Gasteiger partial charge in [0.1, 0.15) is 23.7 Å². The first-order valence-electron chi connectivity index (χ1n) is 9.26. The lowest BCUT2D eigenvalue weighted by molar-refractivity contribution is -0.146. The summed E-state index contributed by atoms with van der Waals surface area (Å²) in [5.41, 5.74) is -1.03. The van der Waals surface area contributed by atoms with E-state index >= 15 is 0 Å². The monoisotopic (exact) mass is 475 g/mol. The molecule has 1 aromatic rings. The molecule has 29 heavy (non-hydrogen) atoms. The molecule has 0 bridgehead atoms. The van der Waals surface area contributed by atoms with E-state index in [0.29, 0.717) is 0 Å². The van der Waals surface area contributed by atoms with E-state index in [1.54, 1.807) is 27.7 Å². The number of hydrogen-bond donors (Lipinski definition) is 0. The fourth-order valence-electron chi connectivity index (χ4n) is 3.26. The van der Waals surface area contributed by atoms with Crippen LogP contribution in [0.5, 0.6) is 0 Å². The zero-order chi connectivity index (χ0) is 21.9. The Labute approximate surface area is 176 Å². The molecule has 1 heterocycles. The van der Waals surface area contributed by atoms with Gasteiger partial charge in [-0.25, -0.2) is 13.6 Å². The minimum Gasteiger partial charge on any atom is -0.466 e. The highest BCUT2D eigenvalue weighted by atomic mass is 79.9. The number of likely N-dealkylation sites (tertiary alicyclic amines) is 1. The van der Waals surface area contributed by atoms with Crippen molar-refractivity contribution in [1.29, 1.82) is 0 Å². The zero-order valence-electron chi connectivity index (χ0n) is 16.8. The maximum atomic E-state index is 14.6. The van der Waals surface area contributed by atoms with Crippen LogP contribution in [0.2, 0.25) is 0 Å². The van der Waals surface area contributed by atoms with Crippen molar-refractivity contribution in [3.8, 4) is 0 Å². The number of hydrogen-bond acceptors (Lipinski definition) is 5. The summed E-state index contributed by atoms with van der Waals surface area (Å²) in [6.07, 6.45) is -1.34. The molecule has 1 saturated heterocycles. The van der Waals surface area contributed by atoms with E-state index in [9.17, 15) is 23.2 Å². The number of carbonyl (C=O) groups excluding carboxylic acids is 3. The van der Waals surface area contributed by atoms with E-state index in [1.165, 1.54) is 6.07 Å². The minimum absolute atomic E-state index is 0.0260. The van der Waals surface area contributed by atoms with Crippen molar-refractivity contribution in [3.63, 3.8) is 0 Å². The fraction of sp³-hybridized carbons (Fsp3) is 0.550. The number of nitrogens with zero attached hydrogens (tertiary/aromatic N) is 1. The lowest BCUT2D eigenvalue weighted by atomic mass is 9.93. The molecule has 1 amide bonds. The van der Waals surface area contributed by atoms with E-state index in [2.05, 4.69) is 15.9 Å². The van der Waals surface area contributed by atoms with Gasteiger partial charge < -0.3 is 9.47 Å². The van der Waals surface area contributed by atoms with Crippen LogP contribution in [0.15, 0.2) is 16.6 Å². The molecule has 160 valence electrons. The van der Waals surface area contributed by atoms with Crippen molar-refractivity contribution in [3.05, 3.63) is 33.8 Å². The summed E-state index contributed by atoms with van der Waals surface area (Å²) in [5, 5.41) is 0. The van der Waals surface area contributed by atoms with Crippen molar-refractivity contribution >= 4 is 33.8 Å². The quantitative estimate of drug-likeness (QED) is 0.359. The van der Waals surface area contributed by atoms with Crippen molar-refractivity contribution in [1.82, 2.24) is 4.90 Å². The Morgan fingerprint density at radius 1 is 1.24 bits per heavy atom. The lowest BCUT2D eigenvalue weighted by Gasteiger charge is -2.27. The first kappa shape index (κ1) is 23.3. The Kier molecular flexibility index (Phi) is 7.37. The molecule has 1 aliphatic rings. The third kappa shape index (κ3) is 5.74. The van der Waals surface area contributed by atoms with Crippen LogP contribution < -0.4 is 0 Å². The highest BCUT2D eigenvalue weighted by Gasteiger charge is 2.43. The zero-order valence-corrected chi connectivity index (χ0v) is 18.3. The summed E-state index contributed by atoms with van der Waals surface area (Å²) >= 11 is 3.03. The van der Waals surface area contributed by atoms with Crippen molar-refractivity contribution in [2.24, 2.45) is 0 Å². The highest BCUT2D eigenvalue weighted by molar-refractivity contribution is 9.10. The van der Waals surface area contributed by atoms with Crippen LogP contribution in [0.1, 0.15) is 52.0 Å². The van der Waals surface area contributed by atoms with E-state index in [1.807, 2.05) is 0 Å². The largest absolute Gasteiger partial charge is 0.466 e. The summed E-state index contributed by atoms with van der Waals surface area (Å²) in [7, 11) is 0. The topological polar surface area (TPSA) is 72.9 Å². The predicted octanol–water partition coefficient (Wildman–Crippen LogP) is 4.34. The molecule has 0 aliphatic carbocycles. The van der Waals surface area contributed by atoms with Gasteiger partial charge >= 0.3 is 12.1 Å². The molecule has 0 unspecified atom stereocenters. The van der Waals surface area contributed by atoms with E-state index in [0.717, 1.165) is 11.0 Å². The number of Topliss-reactive ketones (excluding diaryl/α,β-unsaturated/α-hetero) is 1. The van der Waals surface area contributed by atoms with E-state index in [-0.39, 0.29) is 29.6 Å². The standard InChI is InChI=1S/C20H24BrF2NO5/c1-5-28-16(26)9-15(25)14-8-11(10-24(14)19(27)29-20(2,3)4)17-13(22)7-6-12(21)18(17)23/h6-7,11,14H,5,8-10H2,1-4H3/t11-,14+/m1/s1. The number of carbonyl (C=O) groups is 3. The molecule has 0 radical (unpaired) electrons. The second-order valence-corrected chi connectivity index (χ2v) is 8.64. The summed E-state index contributed by atoms with van der Waals surface area (Å²) < 4.78 is 39.2. The molecule has 0 saturated carbocycles. The van der Waals surface area contributed by atoms with Crippen LogP contribution in [0.3, 0.4) is 0 Å². The molecule has 1 fully saturated rings. The Bertz CT molecular complexity index is 809. The Balaban J connectivity index is 2.33. The van der Waals surface area contributed by atoms with Gasteiger partial charge in [-0.3, -0.25) is 14.5 Å². The smallest absolute Gasteiger partial charge is 0.410 e. The molecule has 0 N–H and O–H groups in total. The fourth-order valence-corrected chi connectivity index (χ4v) is 3.61. The maximum Gasteiger partial charge on any atom is 0.410 e. The second-order valence-electron chi connectivity index (χ2n) is 7.79. The van der Waals surface area contributed by atoms with Crippen LogP contribution in [0.25, 0.3) is 0 Å². The van der Waals surface area contributed by atoms with Gasteiger partial charge in [-0.2, -0.15) is 0 Å². The summed E-state index contributed by atoms with van der Waals surface area (Å²) in [4.78, 5) is 38.2. The van der Waals surface area contributed by atoms with E-state index in [4.69, 9.17) is 9.47 Å². The number of ether oxygens (including phenoxy) is 2. The number of halogens is 3. The van der Waals surface area contributed by atoms with Gasteiger partial charge in [0.15, 0.2) is 5.78 Å². The summed E-state index contributed by atoms with van der Waals surface area (Å²) in [6, 6.07) is 1.32. The Morgan fingerprint density at radius 2 is 1.90 bits per heavy atom. The van der Waals surface area contributed by atoms with Gasteiger partial charge in [-0.1, -0.05) is 0 Å². The van der Waals surface area contributed by atoms with Gasteiger partial charge in [0.05, 0.1) is 17.1 Å². The number of benzene rings is 1. The van der Waals surface area contributed by atoms with Crippen molar-refractivity contribution in [2.75, 3.05) is 13.2 Å². The molecular weight excluding hydrogens is 452 g/mol. The molecular formula is C20H24BrF2NO5. The molecule has 1 aliphatic heterocycles. The van der Waals surface area contributed by atoms with Gasteiger partial charge in [0.25, 0.3) is 0 Å². The molecule has 2 rings (SSSR count). The Hall–Kier alpha value is -2.03. The van der Waals surface area contributed by atoms with Crippen LogP contribution in [0.4, 0.5) is 13.6 Å². The van der Waals surface area contributed by atoms with Crippen LogP contribution >= 0.6 is 15.9 Å². The summed E-state index contributed by atoms with van der Waals surface area (Å²) in [6.45, 7) is 6.62. The third-order valence-corrected chi connectivity index (χ3v) is 5.02. The van der Waals surface area contributed by atoms with Crippen molar-refractivity contribution < 1.29 is 32.6 Å². The predicted molar refractivity (Wildman–Crippen MR) is 104 cm³/mol. The molecule has 1 aromatic carbocycles. The third-order valence-electron chi connectivity index (χ3n) is 4.41. The van der Waals surface area contributed by atoms with Gasteiger partial charge in [0, 0.05) is 18.0 Å². The Morgan fingerprint density at radius 3 is 2.48 bits per heavy atom. The van der Waals surface area contributed by atoms with Crippen molar-refractivity contribution in [2.45, 2.75) is 58.1 Å². The number of amides is 1. The molecule has 6 nitrogen and oxygen atoms in total. The first-order chi connectivity index (χ1) is 13.4. The SMILES string of the molecule is CCOC(=O)CC(=O)[C@@H]1C[C@@H](c2c(F)ccc(Br)c2F)CN1C(=O)OC(C)(C)C. The number of ketones is 1. The average Bonchev–Trinajstić information content (AvgIpc) is 3.02. The first-order valence-corrected chi connectivity index (χ1v) is 10.0. The van der Waals surface area contributed by atoms with Crippen LogP contribution in [-0.4, -0.2) is 47.5 Å². The molecule has 2 atom stereocenters. The number of rotatable bonds is 5. The maximum absolute atomic E-state index is 14.6. The van der Waals surface area contributed by atoms with Gasteiger partial charge in [0.2, 0.25) is 0 Å². The average molecular weight is 476 g/mol. The number of esters is 1. The molecule has 9 heteroatoms. The van der Waals surface area contributed by atoms with Gasteiger partial charge in [-0.05, 0) is 62.2 Å².